The summed E-state index contributed by atoms with van der Waals surface area (Å²) in [5.41, 5.74) is 0. The molecule has 1 nitrogen and oxygen atoms in total. The molecule has 1 heterocycles. The summed E-state index contributed by atoms with van der Waals surface area (Å²) in [6.07, 6.45) is 39.5. The van der Waals surface area contributed by atoms with Gasteiger partial charge in [-0.2, -0.15) is 0 Å². The van der Waals surface area contributed by atoms with E-state index >= 15 is 0 Å². The van der Waals surface area contributed by atoms with Crippen molar-refractivity contribution in [3.63, 3.8) is 0 Å². The highest BCUT2D eigenvalue weighted by Crippen LogP contribution is 2.38. The highest BCUT2D eigenvalue weighted by atomic mass is 127. The molecule has 0 aromatic carbocycles. The fraction of sp³-hybridized carbons (Fsp3) is 1.00. The standard InChI is InChI=1S/C33H66I2N/c1-3-5-7-9-11-13-14-15-16-17-18-19-21-23-25-29-33(35)36(30-26-27-31-36)32(34)28-24-22-20-12-10-8-6-4-2/h32-33H,3-31H2,1-2H3/q+1. The largest absolute Gasteiger partial charge is 0.303 e. The minimum absolute atomic E-state index is 0.850. The van der Waals surface area contributed by atoms with Crippen LogP contribution in [0.25, 0.3) is 0 Å². The molecule has 0 aliphatic carbocycles. The number of hydrogen-bond donors (Lipinski definition) is 0. The number of quaternary nitrogens is 1. The molecular weight excluding hydrogens is 664 g/mol. The number of halogens is 2. The predicted octanol–water partition coefficient (Wildman–Crippen LogP) is 12.9. The lowest BCUT2D eigenvalue weighted by molar-refractivity contribution is -0.929. The van der Waals surface area contributed by atoms with E-state index in [0.717, 1.165) is 8.10 Å². The second kappa shape index (κ2) is 25.4. The summed E-state index contributed by atoms with van der Waals surface area (Å²) in [6.45, 7) is 7.54. The second-order valence-electron chi connectivity index (χ2n) is 12.1. The molecule has 3 heteroatoms. The molecule has 216 valence electrons. The summed E-state index contributed by atoms with van der Waals surface area (Å²) in [4.78, 5) is 0. The smallest absolute Gasteiger partial charge is 0.140 e. The van der Waals surface area contributed by atoms with Gasteiger partial charge in [0.25, 0.3) is 0 Å². The number of rotatable bonds is 27. The molecule has 1 aliphatic heterocycles. The predicted molar refractivity (Wildman–Crippen MR) is 182 cm³/mol. The fourth-order valence-corrected chi connectivity index (χ4v) is 9.69. The Labute approximate surface area is 256 Å². The van der Waals surface area contributed by atoms with Gasteiger partial charge in [0.1, 0.15) is 8.10 Å². The van der Waals surface area contributed by atoms with Gasteiger partial charge in [0, 0.05) is 25.7 Å². The SMILES string of the molecule is CCCCCCCCCCCCCCCCCC(I)[N+]1(C(I)CCCCCCCCCC)CCCC1. The topological polar surface area (TPSA) is 0 Å². The third-order valence-electron chi connectivity index (χ3n) is 8.86. The van der Waals surface area contributed by atoms with Crippen LogP contribution >= 0.6 is 45.2 Å². The normalized spacial score (nSPS) is 17.0. The van der Waals surface area contributed by atoms with Gasteiger partial charge in [-0.1, -0.05) is 149 Å². The summed E-state index contributed by atoms with van der Waals surface area (Å²) >= 11 is 5.73. The zero-order chi connectivity index (χ0) is 26.2. The average molecular weight is 731 g/mol. The molecular formula is C33H66I2N+. The van der Waals surface area contributed by atoms with Gasteiger partial charge in [0.2, 0.25) is 0 Å². The fourth-order valence-electron chi connectivity index (χ4n) is 6.30. The van der Waals surface area contributed by atoms with Crippen molar-refractivity contribution >= 4 is 45.2 Å². The van der Waals surface area contributed by atoms with Crippen molar-refractivity contribution in [2.24, 2.45) is 0 Å². The van der Waals surface area contributed by atoms with E-state index in [1.165, 1.54) is 191 Å². The first-order valence-corrected chi connectivity index (χ1v) is 19.3. The van der Waals surface area contributed by atoms with Gasteiger partial charge in [-0.15, -0.1) is 0 Å². The van der Waals surface area contributed by atoms with E-state index in [9.17, 15) is 0 Å². The Bertz CT molecular complexity index is 449. The lowest BCUT2D eigenvalue weighted by Crippen LogP contribution is -2.55. The summed E-state index contributed by atoms with van der Waals surface area (Å²) in [6, 6.07) is 0. The van der Waals surface area contributed by atoms with E-state index < -0.39 is 0 Å². The summed E-state index contributed by atoms with van der Waals surface area (Å²) in [5.74, 6) is 0. The highest BCUT2D eigenvalue weighted by molar-refractivity contribution is 14.1. The van der Waals surface area contributed by atoms with Crippen molar-refractivity contribution < 1.29 is 4.48 Å². The van der Waals surface area contributed by atoms with E-state index in [2.05, 4.69) is 59.0 Å². The van der Waals surface area contributed by atoms with E-state index in [1.54, 1.807) is 0 Å². The van der Waals surface area contributed by atoms with Crippen LogP contribution < -0.4 is 0 Å². The van der Waals surface area contributed by atoms with Crippen molar-refractivity contribution in [2.75, 3.05) is 13.1 Å². The average Bonchev–Trinajstić information content (AvgIpc) is 3.39. The monoisotopic (exact) mass is 730 g/mol. The lowest BCUT2D eigenvalue weighted by atomic mass is 10.0. The molecule has 0 N–H and O–H groups in total. The minimum Gasteiger partial charge on any atom is -0.303 e. The van der Waals surface area contributed by atoms with Gasteiger partial charge in [0.05, 0.1) is 13.1 Å². The molecule has 0 aromatic rings. The quantitative estimate of drug-likeness (QED) is 0.0260. The third kappa shape index (κ3) is 17.2. The van der Waals surface area contributed by atoms with Crippen molar-refractivity contribution in [3.05, 3.63) is 0 Å². The third-order valence-corrected chi connectivity index (χ3v) is 12.3. The molecule has 0 bridgehead atoms. The summed E-state index contributed by atoms with van der Waals surface area (Å²) < 4.78 is 3.14. The van der Waals surface area contributed by atoms with Crippen LogP contribution in [0.3, 0.4) is 0 Å². The Balaban J connectivity index is 2.04. The minimum atomic E-state index is 0.850. The molecule has 1 saturated heterocycles. The van der Waals surface area contributed by atoms with Gasteiger partial charge in [-0.3, -0.25) is 0 Å². The molecule has 1 rings (SSSR count). The zero-order valence-electron chi connectivity index (χ0n) is 24.9. The van der Waals surface area contributed by atoms with Gasteiger partial charge in [-0.25, -0.2) is 0 Å². The van der Waals surface area contributed by atoms with Gasteiger partial charge < -0.3 is 4.48 Å². The number of likely N-dealkylation sites (tertiary alicyclic amines) is 1. The molecule has 36 heavy (non-hydrogen) atoms. The van der Waals surface area contributed by atoms with E-state index in [1.807, 2.05) is 0 Å². The molecule has 0 amide bonds. The van der Waals surface area contributed by atoms with E-state index in [-0.39, 0.29) is 0 Å². The van der Waals surface area contributed by atoms with Crippen LogP contribution in [-0.2, 0) is 0 Å². The Hall–Kier alpha value is 1.42. The molecule has 0 aromatic heterocycles. The Morgan fingerprint density at radius 1 is 0.417 bits per heavy atom. The number of alkyl halides is 2. The van der Waals surface area contributed by atoms with Crippen LogP contribution in [0.15, 0.2) is 0 Å². The van der Waals surface area contributed by atoms with E-state index in [4.69, 9.17) is 0 Å². The van der Waals surface area contributed by atoms with Crippen molar-refractivity contribution in [2.45, 2.75) is 195 Å². The molecule has 1 aliphatic rings. The van der Waals surface area contributed by atoms with Gasteiger partial charge >= 0.3 is 0 Å². The van der Waals surface area contributed by atoms with Gasteiger partial charge in [-0.05, 0) is 58.0 Å². The molecule has 0 saturated carbocycles. The van der Waals surface area contributed by atoms with Gasteiger partial charge in [0.15, 0.2) is 0 Å². The van der Waals surface area contributed by atoms with Crippen LogP contribution in [0.4, 0.5) is 0 Å². The molecule has 1 fully saturated rings. The first-order chi connectivity index (χ1) is 17.7. The van der Waals surface area contributed by atoms with Crippen LogP contribution in [-0.4, -0.2) is 25.7 Å². The summed E-state index contributed by atoms with van der Waals surface area (Å²) in [5, 5.41) is 0. The molecule has 2 unspecified atom stereocenters. The number of unbranched alkanes of at least 4 members (excludes halogenated alkanes) is 21. The van der Waals surface area contributed by atoms with Crippen LogP contribution in [0, 0.1) is 0 Å². The first-order valence-electron chi connectivity index (χ1n) is 16.8. The van der Waals surface area contributed by atoms with E-state index in [0.29, 0.717) is 0 Å². The molecule has 0 radical (unpaired) electrons. The Morgan fingerprint density at radius 3 is 0.944 bits per heavy atom. The van der Waals surface area contributed by atoms with Crippen LogP contribution in [0.1, 0.15) is 187 Å². The Morgan fingerprint density at radius 2 is 0.667 bits per heavy atom. The molecule has 2 atom stereocenters. The lowest BCUT2D eigenvalue weighted by Gasteiger charge is -2.43. The molecule has 0 spiro atoms. The van der Waals surface area contributed by atoms with Crippen molar-refractivity contribution in [1.29, 1.82) is 0 Å². The maximum atomic E-state index is 2.87. The van der Waals surface area contributed by atoms with Crippen molar-refractivity contribution in [3.8, 4) is 0 Å². The summed E-state index contributed by atoms with van der Waals surface area (Å²) in [7, 11) is 0. The highest BCUT2D eigenvalue weighted by Gasteiger charge is 2.43. The first kappa shape index (κ1) is 35.4. The van der Waals surface area contributed by atoms with Crippen LogP contribution in [0.5, 0.6) is 0 Å². The number of hydrogen-bond acceptors (Lipinski definition) is 0. The van der Waals surface area contributed by atoms with Crippen molar-refractivity contribution in [1.82, 2.24) is 0 Å². The van der Waals surface area contributed by atoms with Crippen LogP contribution in [0.2, 0.25) is 0 Å². The second-order valence-corrected chi connectivity index (χ2v) is 15.0. The maximum absolute atomic E-state index is 2.87. The zero-order valence-corrected chi connectivity index (χ0v) is 29.2. The number of nitrogens with zero attached hydrogens (tertiary/aromatic N) is 1. The maximum Gasteiger partial charge on any atom is 0.140 e. The Kier molecular flexibility index (Phi) is 25.0.